The normalized spacial score (nSPS) is 10.3. The van der Waals surface area contributed by atoms with Crippen molar-refractivity contribution in [1.29, 1.82) is 0 Å². The summed E-state index contributed by atoms with van der Waals surface area (Å²) >= 11 is 9.25. The standard InChI is InChI=1S/C14H11BrClFN2O/c15-11-5-8(1-3-12(11)16)7-19-9-2-4-13(17)10(6-9)14(18)20/h1-6,19H,7H2,(H2,18,20). The summed E-state index contributed by atoms with van der Waals surface area (Å²) in [7, 11) is 0. The molecule has 0 atom stereocenters. The van der Waals surface area contributed by atoms with E-state index in [0.717, 1.165) is 10.0 Å². The van der Waals surface area contributed by atoms with Crippen LogP contribution in [0.3, 0.4) is 0 Å². The fourth-order valence-corrected chi connectivity index (χ4v) is 2.22. The van der Waals surface area contributed by atoms with Gasteiger partial charge in [0.15, 0.2) is 0 Å². The van der Waals surface area contributed by atoms with Gasteiger partial charge in [-0.15, -0.1) is 0 Å². The molecule has 2 rings (SSSR count). The smallest absolute Gasteiger partial charge is 0.251 e. The van der Waals surface area contributed by atoms with Crippen molar-refractivity contribution in [1.82, 2.24) is 0 Å². The third kappa shape index (κ3) is 3.49. The first-order valence-electron chi connectivity index (χ1n) is 5.74. The van der Waals surface area contributed by atoms with Gasteiger partial charge in [-0.2, -0.15) is 0 Å². The largest absolute Gasteiger partial charge is 0.381 e. The number of amides is 1. The quantitative estimate of drug-likeness (QED) is 0.870. The summed E-state index contributed by atoms with van der Waals surface area (Å²) in [6.07, 6.45) is 0. The van der Waals surface area contributed by atoms with Gasteiger partial charge in [-0.25, -0.2) is 4.39 Å². The van der Waals surface area contributed by atoms with E-state index in [9.17, 15) is 9.18 Å². The third-order valence-electron chi connectivity index (χ3n) is 2.71. The summed E-state index contributed by atoms with van der Waals surface area (Å²) in [6.45, 7) is 0.513. The number of carbonyl (C=O) groups is 1. The molecule has 3 nitrogen and oxygen atoms in total. The van der Waals surface area contributed by atoms with E-state index in [4.69, 9.17) is 17.3 Å². The van der Waals surface area contributed by atoms with Crippen LogP contribution in [0.1, 0.15) is 15.9 Å². The number of anilines is 1. The van der Waals surface area contributed by atoms with Crippen LogP contribution in [0, 0.1) is 5.82 Å². The molecule has 0 saturated heterocycles. The number of hydrogen-bond donors (Lipinski definition) is 2. The first kappa shape index (κ1) is 14.8. The molecule has 2 aromatic carbocycles. The Morgan fingerprint density at radius 3 is 2.70 bits per heavy atom. The van der Waals surface area contributed by atoms with Gasteiger partial charge in [-0.05, 0) is 51.8 Å². The molecule has 0 aliphatic heterocycles. The van der Waals surface area contributed by atoms with E-state index < -0.39 is 11.7 Å². The van der Waals surface area contributed by atoms with Crippen molar-refractivity contribution in [3.63, 3.8) is 0 Å². The van der Waals surface area contributed by atoms with Crippen molar-refractivity contribution >= 4 is 39.1 Å². The zero-order valence-corrected chi connectivity index (χ0v) is 12.6. The molecule has 6 heteroatoms. The zero-order valence-electron chi connectivity index (χ0n) is 10.3. The SMILES string of the molecule is NC(=O)c1cc(NCc2ccc(Cl)c(Br)c2)ccc1F. The molecule has 2 aromatic rings. The summed E-state index contributed by atoms with van der Waals surface area (Å²) in [6, 6.07) is 9.68. The van der Waals surface area contributed by atoms with Crippen LogP contribution in [-0.4, -0.2) is 5.91 Å². The van der Waals surface area contributed by atoms with Gasteiger partial charge in [0.05, 0.1) is 10.6 Å². The Kier molecular flexibility index (Phi) is 4.62. The summed E-state index contributed by atoms with van der Waals surface area (Å²) in [5.41, 5.74) is 6.58. The van der Waals surface area contributed by atoms with Crippen molar-refractivity contribution in [2.24, 2.45) is 5.73 Å². The monoisotopic (exact) mass is 356 g/mol. The molecule has 104 valence electrons. The highest BCUT2D eigenvalue weighted by molar-refractivity contribution is 9.10. The maximum atomic E-state index is 13.3. The lowest BCUT2D eigenvalue weighted by atomic mass is 10.1. The van der Waals surface area contributed by atoms with E-state index >= 15 is 0 Å². The molecule has 0 unspecified atom stereocenters. The molecule has 3 N–H and O–H groups in total. The first-order chi connectivity index (χ1) is 9.47. The Labute approximate surface area is 129 Å². The zero-order chi connectivity index (χ0) is 14.7. The lowest BCUT2D eigenvalue weighted by Gasteiger charge is -2.09. The van der Waals surface area contributed by atoms with Crippen molar-refractivity contribution < 1.29 is 9.18 Å². The van der Waals surface area contributed by atoms with E-state index in [1.165, 1.54) is 12.1 Å². The predicted octanol–water partition coefficient (Wildman–Crippen LogP) is 3.95. The second-order valence-electron chi connectivity index (χ2n) is 4.16. The third-order valence-corrected chi connectivity index (χ3v) is 3.93. The summed E-state index contributed by atoms with van der Waals surface area (Å²) in [5, 5.41) is 3.72. The molecule has 0 aromatic heterocycles. The van der Waals surface area contributed by atoms with Gasteiger partial charge in [-0.3, -0.25) is 4.79 Å². The van der Waals surface area contributed by atoms with Crippen LogP contribution in [0.25, 0.3) is 0 Å². The van der Waals surface area contributed by atoms with E-state index in [2.05, 4.69) is 21.2 Å². The summed E-state index contributed by atoms with van der Waals surface area (Å²) in [4.78, 5) is 11.1. The molecule has 1 amide bonds. The number of carbonyl (C=O) groups excluding carboxylic acids is 1. The Bertz CT molecular complexity index is 664. The average Bonchev–Trinajstić information content (AvgIpc) is 2.41. The number of nitrogens with one attached hydrogen (secondary N) is 1. The molecule has 0 radical (unpaired) electrons. The van der Waals surface area contributed by atoms with Gasteiger partial charge >= 0.3 is 0 Å². The fourth-order valence-electron chi connectivity index (χ4n) is 1.68. The number of hydrogen-bond acceptors (Lipinski definition) is 2. The highest BCUT2D eigenvalue weighted by Gasteiger charge is 2.08. The molecular formula is C14H11BrClFN2O. The Balaban J connectivity index is 2.12. The van der Waals surface area contributed by atoms with Crippen molar-refractivity contribution in [3.8, 4) is 0 Å². The highest BCUT2D eigenvalue weighted by Crippen LogP contribution is 2.24. The summed E-state index contributed by atoms with van der Waals surface area (Å²) < 4.78 is 14.1. The molecule has 0 heterocycles. The topological polar surface area (TPSA) is 55.1 Å². The fraction of sp³-hybridized carbons (Fsp3) is 0.0714. The van der Waals surface area contributed by atoms with E-state index in [-0.39, 0.29) is 5.56 Å². The summed E-state index contributed by atoms with van der Waals surface area (Å²) in [5.74, 6) is -1.42. The minimum Gasteiger partial charge on any atom is -0.381 e. The minimum atomic E-state index is -0.791. The average molecular weight is 358 g/mol. The van der Waals surface area contributed by atoms with Gasteiger partial charge in [-0.1, -0.05) is 17.7 Å². The van der Waals surface area contributed by atoms with E-state index in [1.807, 2.05) is 12.1 Å². The van der Waals surface area contributed by atoms with Crippen LogP contribution in [-0.2, 0) is 6.54 Å². The number of nitrogens with two attached hydrogens (primary N) is 1. The van der Waals surface area contributed by atoms with Crippen LogP contribution in [0.2, 0.25) is 5.02 Å². The second kappa shape index (κ2) is 6.24. The van der Waals surface area contributed by atoms with Crippen LogP contribution >= 0.6 is 27.5 Å². The van der Waals surface area contributed by atoms with Gasteiger partial charge in [0, 0.05) is 16.7 Å². The molecule has 0 fully saturated rings. The van der Waals surface area contributed by atoms with Crippen molar-refractivity contribution in [2.45, 2.75) is 6.54 Å². The van der Waals surface area contributed by atoms with E-state index in [0.29, 0.717) is 17.3 Å². The number of benzene rings is 2. The number of rotatable bonds is 4. The van der Waals surface area contributed by atoms with Gasteiger partial charge in [0.2, 0.25) is 0 Å². The van der Waals surface area contributed by atoms with Crippen molar-refractivity contribution in [2.75, 3.05) is 5.32 Å². The number of halogens is 3. The molecule has 0 aliphatic rings. The predicted molar refractivity (Wildman–Crippen MR) is 81.4 cm³/mol. The number of primary amides is 1. The van der Waals surface area contributed by atoms with Crippen molar-refractivity contribution in [3.05, 3.63) is 62.8 Å². The molecular weight excluding hydrogens is 347 g/mol. The van der Waals surface area contributed by atoms with Gasteiger partial charge in [0.25, 0.3) is 5.91 Å². The molecule has 20 heavy (non-hydrogen) atoms. The maximum Gasteiger partial charge on any atom is 0.251 e. The first-order valence-corrected chi connectivity index (χ1v) is 6.91. The Hall–Kier alpha value is -1.59. The van der Waals surface area contributed by atoms with Crippen LogP contribution in [0.5, 0.6) is 0 Å². The van der Waals surface area contributed by atoms with Crippen LogP contribution in [0.15, 0.2) is 40.9 Å². The highest BCUT2D eigenvalue weighted by atomic mass is 79.9. The van der Waals surface area contributed by atoms with E-state index in [1.54, 1.807) is 12.1 Å². The van der Waals surface area contributed by atoms with Crippen LogP contribution < -0.4 is 11.1 Å². The molecule has 0 aliphatic carbocycles. The lowest BCUT2D eigenvalue weighted by molar-refractivity contribution is 0.0996. The van der Waals surface area contributed by atoms with Crippen LogP contribution in [0.4, 0.5) is 10.1 Å². The Morgan fingerprint density at radius 1 is 1.30 bits per heavy atom. The molecule has 0 saturated carbocycles. The maximum absolute atomic E-state index is 13.3. The Morgan fingerprint density at radius 2 is 2.05 bits per heavy atom. The molecule has 0 spiro atoms. The van der Waals surface area contributed by atoms with Gasteiger partial charge in [0.1, 0.15) is 5.82 Å². The lowest BCUT2D eigenvalue weighted by Crippen LogP contribution is -2.13. The second-order valence-corrected chi connectivity index (χ2v) is 5.42. The minimum absolute atomic E-state index is 0.132. The molecule has 0 bridgehead atoms. The van der Waals surface area contributed by atoms with Gasteiger partial charge < -0.3 is 11.1 Å².